The van der Waals surface area contributed by atoms with Crippen molar-refractivity contribution in [2.45, 2.75) is 19.1 Å². The molecule has 21 heavy (non-hydrogen) atoms. The SMILES string of the molecule is CNC(Cc1ccncc1Cl)c1ccc(OC(F)F)cc1. The van der Waals surface area contributed by atoms with Crippen molar-refractivity contribution in [3.63, 3.8) is 0 Å². The summed E-state index contributed by atoms with van der Waals surface area (Å²) < 4.78 is 28.6. The van der Waals surface area contributed by atoms with E-state index in [1.165, 1.54) is 12.1 Å². The molecule has 1 N–H and O–H groups in total. The Bertz CT molecular complexity index is 578. The Kier molecular flexibility index (Phi) is 5.47. The number of hydrogen-bond donors (Lipinski definition) is 1. The molecule has 0 spiro atoms. The molecule has 0 aliphatic rings. The third-order valence-corrected chi connectivity index (χ3v) is 3.48. The molecule has 112 valence electrons. The van der Waals surface area contributed by atoms with E-state index in [-0.39, 0.29) is 11.8 Å². The normalized spacial score (nSPS) is 12.4. The Morgan fingerprint density at radius 1 is 1.24 bits per heavy atom. The number of likely N-dealkylation sites (N-methyl/N-ethyl adjacent to an activating group) is 1. The lowest BCUT2D eigenvalue weighted by Gasteiger charge is -2.18. The number of benzene rings is 1. The van der Waals surface area contributed by atoms with Gasteiger partial charge in [-0.05, 0) is 42.8 Å². The molecule has 3 nitrogen and oxygen atoms in total. The van der Waals surface area contributed by atoms with Gasteiger partial charge < -0.3 is 10.1 Å². The van der Waals surface area contributed by atoms with E-state index >= 15 is 0 Å². The number of halogens is 3. The maximum Gasteiger partial charge on any atom is 0.387 e. The van der Waals surface area contributed by atoms with Crippen molar-refractivity contribution in [3.05, 3.63) is 58.9 Å². The molecule has 1 aromatic carbocycles. The largest absolute Gasteiger partial charge is 0.435 e. The first-order valence-corrected chi connectivity index (χ1v) is 6.78. The Morgan fingerprint density at radius 3 is 2.52 bits per heavy atom. The molecule has 6 heteroatoms. The van der Waals surface area contributed by atoms with Crippen LogP contribution in [-0.4, -0.2) is 18.6 Å². The van der Waals surface area contributed by atoms with Gasteiger partial charge in [0.1, 0.15) is 5.75 Å². The second-order valence-electron chi connectivity index (χ2n) is 4.46. The summed E-state index contributed by atoms with van der Waals surface area (Å²) in [5.74, 6) is 0.144. The van der Waals surface area contributed by atoms with Crippen molar-refractivity contribution < 1.29 is 13.5 Å². The number of ether oxygens (including phenoxy) is 1. The molecular weight excluding hydrogens is 298 g/mol. The summed E-state index contributed by atoms with van der Waals surface area (Å²) >= 11 is 6.10. The Morgan fingerprint density at radius 2 is 1.95 bits per heavy atom. The van der Waals surface area contributed by atoms with Crippen molar-refractivity contribution in [2.24, 2.45) is 0 Å². The smallest absolute Gasteiger partial charge is 0.387 e. The first-order valence-electron chi connectivity index (χ1n) is 6.40. The van der Waals surface area contributed by atoms with Crippen LogP contribution in [0.5, 0.6) is 5.75 Å². The zero-order valence-corrected chi connectivity index (χ0v) is 12.1. The maximum atomic E-state index is 12.1. The quantitative estimate of drug-likeness (QED) is 0.880. The van der Waals surface area contributed by atoms with Crippen molar-refractivity contribution in [3.8, 4) is 5.75 Å². The molecule has 0 amide bonds. The number of hydrogen-bond acceptors (Lipinski definition) is 3. The van der Waals surface area contributed by atoms with Gasteiger partial charge in [-0.15, -0.1) is 0 Å². The monoisotopic (exact) mass is 312 g/mol. The molecule has 0 radical (unpaired) electrons. The van der Waals surface area contributed by atoms with E-state index in [4.69, 9.17) is 11.6 Å². The molecule has 0 saturated heterocycles. The molecule has 1 aromatic heterocycles. The predicted molar refractivity (Wildman–Crippen MR) is 77.8 cm³/mol. The summed E-state index contributed by atoms with van der Waals surface area (Å²) in [7, 11) is 1.84. The van der Waals surface area contributed by atoms with Crippen LogP contribution in [0.3, 0.4) is 0 Å². The van der Waals surface area contributed by atoms with Crippen molar-refractivity contribution in [1.29, 1.82) is 0 Å². The fourth-order valence-electron chi connectivity index (χ4n) is 2.06. The van der Waals surface area contributed by atoms with E-state index in [0.717, 1.165) is 11.1 Å². The van der Waals surface area contributed by atoms with Crippen molar-refractivity contribution >= 4 is 11.6 Å². The molecule has 0 fully saturated rings. The topological polar surface area (TPSA) is 34.2 Å². The average Bonchev–Trinajstić information content (AvgIpc) is 2.47. The highest BCUT2D eigenvalue weighted by molar-refractivity contribution is 6.31. The second-order valence-corrected chi connectivity index (χ2v) is 4.87. The van der Waals surface area contributed by atoms with E-state index in [1.54, 1.807) is 24.5 Å². The maximum absolute atomic E-state index is 12.1. The molecule has 1 atom stereocenters. The van der Waals surface area contributed by atoms with E-state index in [1.807, 2.05) is 13.1 Å². The predicted octanol–water partition coefficient (Wildman–Crippen LogP) is 3.84. The van der Waals surface area contributed by atoms with Gasteiger partial charge in [-0.25, -0.2) is 0 Å². The summed E-state index contributed by atoms with van der Waals surface area (Å²) in [5.41, 5.74) is 1.94. The number of aromatic nitrogens is 1. The zero-order valence-electron chi connectivity index (χ0n) is 11.4. The summed E-state index contributed by atoms with van der Waals surface area (Å²) in [4.78, 5) is 3.95. The van der Waals surface area contributed by atoms with Gasteiger partial charge in [-0.1, -0.05) is 23.7 Å². The van der Waals surface area contributed by atoms with Gasteiger partial charge in [0.2, 0.25) is 0 Å². The minimum Gasteiger partial charge on any atom is -0.435 e. The molecular formula is C15H15ClF2N2O. The highest BCUT2D eigenvalue weighted by Crippen LogP contribution is 2.24. The molecule has 1 unspecified atom stereocenters. The van der Waals surface area contributed by atoms with E-state index in [0.29, 0.717) is 11.4 Å². The van der Waals surface area contributed by atoms with E-state index in [2.05, 4.69) is 15.0 Å². The number of pyridine rings is 1. The standard InChI is InChI=1S/C15H15ClF2N2O/c1-19-14(8-11-6-7-20-9-13(11)16)10-2-4-12(5-3-10)21-15(17)18/h2-7,9,14-15,19H,8H2,1H3. The van der Waals surface area contributed by atoms with Crippen molar-refractivity contribution in [1.82, 2.24) is 10.3 Å². The summed E-state index contributed by atoms with van der Waals surface area (Å²) in [5, 5.41) is 3.79. The molecule has 0 saturated carbocycles. The van der Waals surface area contributed by atoms with Gasteiger partial charge in [0.25, 0.3) is 0 Å². The Labute approximate surface area is 126 Å². The van der Waals surface area contributed by atoms with Crippen LogP contribution in [0.2, 0.25) is 5.02 Å². The lowest BCUT2D eigenvalue weighted by molar-refractivity contribution is -0.0498. The minimum absolute atomic E-state index is 0.0190. The van der Waals surface area contributed by atoms with Crippen LogP contribution >= 0.6 is 11.6 Å². The molecule has 2 aromatic rings. The van der Waals surface area contributed by atoms with Crippen molar-refractivity contribution in [2.75, 3.05) is 7.05 Å². The summed E-state index contributed by atoms with van der Waals surface area (Å²) in [6, 6.07) is 8.45. The second kappa shape index (κ2) is 7.33. The fourth-order valence-corrected chi connectivity index (χ4v) is 2.25. The average molecular weight is 313 g/mol. The minimum atomic E-state index is -2.81. The van der Waals surface area contributed by atoms with Gasteiger partial charge >= 0.3 is 6.61 Å². The van der Waals surface area contributed by atoms with Crippen LogP contribution in [0.4, 0.5) is 8.78 Å². The van der Waals surface area contributed by atoms with Crippen LogP contribution in [0.1, 0.15) is 17.2 Å². The third kappa shape index (κ3) is 4.37. The van der Waals surface area contributed by atoms with Gasteiger partial charge in [-0.3, -0.25) is 4.98 Å². The summed E-state index contributed by atoms with van der Waals surface area (Å²) in [6.07, 6.45) is 3.96. The number of nitrogens with zero attached hydrogens (tertiary/aromatic N) is 1. The molecule has 2 rings (SSSR count). The number of nitrogens with one attached hydrogen (secondary N) is 1. The van der Waals surface area contributed by atoms with Crippen LogP contribution < -0.4 is 10.1 Å². The molecule has 0 bridgehead atoms. The Balaban J connectivity index is 2.12. The zero-order chi connectivity index (χ0) is 15.2. The van der Waals surface area contributed by atoms with Crippen LogP contribution in [-0.2, 0) is 6.42 Å². The van der Waals surface area contributed by atoms with Gasteiger partial charge in [0, 0.05) is 18.4 Å². The van der Waals surface area contributed by atoms with E-state index in [9.17, 15) is 8.78 Å². The Hall–Kier alpha value is -1.72. The molecule has 0 aliphatic carbocycles. The molecule has 1 heterocycles. The lowest BCUT2D eigenvalue weighted by Crippen LogP contribution is -2.19. The fraction of sp³-hybridized carbons (Fsp3) is 0.267. The van der Waals surface area contributed by atoms with Crippen LogP contribution in [0.25, 0.3) is 0 Å². The highest BCUT2D eigenvalue weighted by atomic mass is 35.5. The van der Waals surface area contributed by atoms with Gasteiger partial charge in [0.05, 0.1) is 5.02 Å². The molecule has 0 aliphatic heterocycles. The first-order chi connectivity index (χ1) is 10.1. The van der Waals surface area contributed by atoms with Gasteiger partial charge in [0.15, 0.2) is 0 Å². The summed E-state index contributed by atoms with van der Waals surface area (Å²) in [6.45, 7) is -2.81. The van der Waals surface area contributed by atoms with Crippen LogP contribution in [0.15, 0.2) is 42.7 Å². The van der Waals surface area contributed by atoms with E-state index < -0.39 is 6.61 Å². The first kappa shape index (κ1) is 15.7. The lowest BCUT2D eigenvalue weighted by atomic mass is 9.99. The number of rotatable bonds is 6. The number of alkyl halides is 2. The highest BCUT2D eigenvalue weighted by Gasteiger charge is 2.13. The third-order valence-electron chi connectivity index (χ3n) is 3.14. The van der Waals surface area contributed by atoms with Gasteiger partial charge in [-0.2, -0.15) is 8.78 Å². The van der Waals surface area contributed by atoms with Crippen LogP contribution in [0, 0.1) is 0 Å².